The number of hydrogen-bond donors (Lipinski definition) is 0. The molecule has 0 radical (unpaired) electrons. The van der Waals surface area contributed by atoms with Gasteiger partial charge in [-0.2, -0.15) is 5.10 Å². The molecule has 5 rings (SSSR count). The third kappa shape index (κ3) is 5.13. The first-order chi connectivity index (χ1) is 17.1. The Bertz CT molecular complexity index is 1360. The number of anilines is 1. The minimum Gasteiger partial charge on any atom is -0.496 e. The van der Waals surface area contributed by atoms with Crippen LogP contribution in [0.3, 0.4) is 0 Å². The number of para-hydroxylation sites is 1. The van der Waals surface area contributed by atoms with Crippen molar-refractivity contribution >= 4 is 34.9 Å². The predicted octanol–water partition coefficient (Wildman–Crippen LogP) is 7.76. The topological polar surface area (TPSA) is 37.2 Å². The van der Waals surface area contributed by atoms with Crippen molar-refractivity contribution < 1.29 is 4.74 Å². The van der Waals surface area contributed by atoms with E-state index in [0.29, 0.717) is 5.02 Å². The van der Waals surface area contributed by atoms with E-state index in [4.69, 9.17) is 21.4 Å². The van der Waals surface area contributed by atoms with Crippen LogP contribution in [-0.4, -0.2) is 19.0 Å². The van der Waals surface area contributed by atoms with Crippen LogP contribution in [0.4, 0.5) is 11.4 Å². The van der Waals surface area contributed by atoms with E-state index in [9.17, 15) is 0 Å². The van der Waals surface area contributed by atoms with Gasteiger partial charge in [0.05, 0.1) is 30.2 Å². The van der Waals surface area contributed by atoms with E-state index in [2.05, 4.69) is 77.6 Å². The van der Waals surface area contributed by atoms with Gasteiger partial charge in [-0.1, -0.05) is 71.8 Å². The van der Waals surface area contributed by atoms with Crippen molar-refractivity contribution in [3.05, 3.63) is 124 Å². The van der Waals surface area contributed by atoms with E-state index in [1.165, 1.54) is 5.56 Å². The lowest BCUT2D eigenvalue weighted by atomic mass is 9.97. The zero-order chi connectivity index (χ0) is 24.2. The molecule has 1 unspecified atom stereocenters. The second kappa shape index (κ2) is 10.2. The van der Waals surface area contributed by atoms with Crippen molar-refractivity contribution in [1.82, 2.24) is 0 Å². The number of methoxy groups -OCH3 is 1. The second-order valence-corrected chi connectivity index (χ2v) is 8.98. The number of aliphatic imine (C=N–C) groups is 1. The van der Waals surface area contributed by atoms with Crippen LogP contribution >= 0.6 is 11.6 Å². The lowest BCUT2D eigenvalue weighted by Crippen LogP contribution is -2.19. The molecular formula is C30H26ClN3O. The number of benzene rings is 4. The van der Waals surface area contributed by atoms with E-state index >= 15 is 0 Å². The molecule has 1 heterocycles. The smallest absolute Gasteiger partial charge is 0.124 e. The Morgan fingerprint density at radius 3 is 2.34 bits per heavy atom. The quantitative estimate of drug-likeness (QED) is 0.265. The van der Waals surface area contributed by atoms with Gasteiger partial charge in [-0.15, -0.1) is 0 Å². The number of aryl methyl sites for hydroxylation is 1. The van der Waals surface area contributed by atoms with Gasteiger partial charge in [-0.25, -0.2) is 0 Å². The van der Waals surface area contributed by atoms with E-state index in [-0.39, 0.29) is 6.04 Å². The summed E-state index contributed by atoms with van der Waals surface area (Å²) in [6.07, 6.45) is 2.65. The highest BCUT2D eigenvalue weighted by Gasteiger charge is 2.31. The van der Waals surface area contributed by atoms with Crippen LogP contribution in [0.15, 0.2) is 107 Å². The lowest BCUT2D eigenvalue weighted by Gasteiger charge is -2.25. The molecule has 0 bridgehead atoms. The highest BCUT2D eigenvalue weighted by molar-refractivity contribution is 6.30. The van der Waals surface area contributed by atoms with Crippen LogP contribution in [0.5, 0.6) is 5.75 Å². The fourth-order valence-electron chi connectivity index (χ4n) is 4.24. The summed E-state index contributed by atoms with van der Waals surface area (Å²) in [6.45, 7) is 2.10. The third-order valence-corrected chi connectivity index (χ3v) is 6.39. The standard InChI is InChI=1S/C30H26ClN3O/c1-21-7-11-23(12-8-21)28-19-29(27-5-3-4-6-30(27)35-2)34(33-28)26-17-9-22(10-18-26)20-32-25-15-13-24(31)14-16-25/h3-18,20,29H,19H2,1-2H3. The average molecular weight is 480 g/mol. The molecule has 1 atom stereocenters. The minimum absolute atomic E-state index is 0.0380. The summed E-state index contributed by atoms with van der Waals surface area (Å²) in [4.78, 5) is 4.55. The molecular weight excluding hydrogens is 454 g/mol. The van der Waals surface area contributed by atoms with Crippen LogP contribution in [0.1, 0.15) is 34.7 Å². The molecule has 0 saturated carbocycles. The molecule has 0 aromatic heterocycles. The zero-order valence-corrected chi connectivity index (χ0v) is 20.5. The maximum Gasteiger partial charge on any atom is 0.124 e. The normalized spacial score (nSPS) is 15.5. The molecule has 4 aromatic carbocycles. The predicted molar refractivity (Wildman–Crippen MR) is 146 cm³/mol. The van der Waals surface area contributed by atoms with Gasteiger partial charge in [0.1, 0.15) is 5.75 Å². The number of nitrogens with zero attached hydrogens (tertiary/aromatic N) is 3. The van der Waals surface area contributed by atoms with Gasteiger partial charge in [0, 0.05) is 23.2 Å². The fourth-order valence-corrected chi connectivity index (χ4v) is 4.37. The maximum absolute atomic E-state index is 5.96. The van der Waals surface area contributed by atoms with Crippen molar-refractivity contribution in [3.8, 4) is 5.75 Å². The second-order valence-electron chi connectivity index (χ2n) is 8.55. The molecule has 4 nitrogen and oxygen atoms in total. The Hall–Kier alpha value is -3.89. The SMILES string of the molecule is COc1ccccc1C1CC(c2ccc(C)cc2)=NN1c1ccc(C=Nc2ccc(Cl)cc2)cc1. The Morgan fingerprint density at radius 2 is 1.63 bits per heavy atom. The molecule has 5 heteroatoms. The lowest BCUT2D eigenvalue weighted by molar-refractivity contribution is 0.405. The minimum atomic E-state index is 0.0380. The molecule has 174 valence electrons. The van der Waals surface area contributed by atoms with Gasteiger partial charge >= 0.3 is 0 Å². The fraction of sp³-hybridized carbons (Fsp3) is 0.133. The molecule has 0 N–H and O–H groups in total. The van der Waals surface area contributed by atoms with Crippen molar-refractivity contribution in [2.24, 2.45) is 10.1 Å². The van der Waals surface area contributed by atoms with Gasteiger partial charge in [0.2, 0.25) is 0 Å². The Labute approximate surface area is 211 Å². The Balaban J connectivity index is 1.46. The highest BCUT2D eigenvalue weighted by Crippen LogP contribution is 2.40. The molecule has 0 spiro atoms. The van der Waals surface area contributed by atoms with Crippen LogP contribution in [-0.2, 0) is 0 Å². The molecule has 0 aliphatic carbocycles. The maximum atomic E-state index is 5.96. The van der Waals surface area contributed by atoms with E-state index in [1.807, 2.05) is 42.6 Å². The summed E-state index contributed by atoms with van der Waals surface area (Å²) >= 11 is 5.96. The first-order valence-corrected chi connectivity index (χ1v) is 11.9. The molecule has 1 aliphatic rings. The van der Waals surface area contributed by atoms with E-state index < -0.39 is 0 Å². The molecule has 0 amide bonds. The Kier molecular flexibility index (Phi) is 6.64. The summed E-state index contributed by atoms with van der Waals surface area (Å²) in [6, 6.07) is 32.6. The summed E-state index contributed by atoms with van der Waals surface area (Å²) in [7, 11) is 1.72. The third-order valence-electron chi connectivity index (χ3n) is 6.14. The molecule has 4 aromatic rings. The van der Waals surface area contributed by atoms with Crippen molar-refractivity contribution in [2.75, 3.05) is 12.1 Å². The molecule has 0 fully saturated rings. The van der Waals surface area contributed by atoms with Gasteiger partial charge in [-0.3, -0.25) is 10.0 Å². The van der Waals surface area contributed by atoms with Gasteiger partial charge in [-0.05, 0) is 60.5 Å². The van der Waals surface area contributed by atoms with E-state index in [0.717, 1.165) is 45.9 Å². The summed E-state index contributed by atoms with van der Waals surface area (Å²) in [5.74, 6) is 0.870. The van der Waals surface area contributed by atoms with Crippen molar-refractivity contribution in [1.29, 1.82) is 0 Å². The summed E-state index contributed by atoms with van der Waals surface area (Å²) in [5, 5.41) is 7.88. The summed E-state index contributed by atoms with van der Waals surface area (Å²) < 4.78 is 5.70. The van der Waals surface area contributed by atoms with Crippen LogP contribution in [0.25, 0.3) is 0 Å². The van der Waals surface area contributed by atoms with Crippen LogP contribution < -0.4 is 9.75 Å². The molecule has 1 aliphatic heterocycles. The van der Waals surface area contributed by atoms with Crippen molar-refractivity contribution in [3.63, 3.8) is 0 Å². The number of hydrazone groups is 1. The number of rotatable bonds is 6. The number of halogens is 1. The number of ether oxygens (including phenoxy) is 1. The van der Waals surface area contributed by atoms with Gasteiger partial charge in [0.25, 0.3) is 0 Å². The van der Waals surface area contributed by atoms with Gasteiger partial charge < -0.3 is 4.74 Å². The first-order valence-electron chi connectivity index (χ1n) is 11.6. The largest absolute Gasteiger partial charge is 0.496 e. The highest BCUT2D eigenvalue weighted by atomic mass is 35.5. The molecule has 0 saturated heterocycles. The monoisotopic (exact) mass is 479 g/mol. The zero-order valence-electron chi connectivity index (χ0n) is 19.7. The first kappa shape index (κ1) is 22.9. The molecule has 35 heavy (non-hydrogen) atoms. The van der Waals surface area contributed by atoms with Gasteiger partial charge in [0.15, 0.2) is 0 Å². The van der Waals surface area contributed by atoms with Crippen molar-refractivity contribution in [2.45, 2.75) is 19.4 Å². The number of hydrogen-bond acceptors (Lipinski definition) is 4. The summed E-state index contributed by atoms with van der Waals surface area (Å²) in [5.41, 5.74) is 7.46. The Morgan fingerprint density at radius 1 is 0.914 bits per heavy atom. The van der Waals surface area contributed by atoms with Crippen LogP contribution in [0, 0.1) is 6.92 Å². The van der Waals surface area contributed by atoms with Crippen LogP contribution in [0.2, 0.25) is 5.02 Å². The average Bonchev–Trinajstić information content (AvgIpc) is 3.34. The van der Waals surface area contributed by atoms with E-state index in [1.54, 1.807) is 7.11 Å².